The average Bonchev–Trinajstić information content (AvgIpc) is 2.68. The lowest BCUT2D eigenvalue weighted by molar-refractivity contribution is 0.200. The molecule has 3 N–H and O–H groups in total. The first-order chi connectivity index (χ1) is 8.08. The minimum atomic E-state index is 0.0306. The van der Waals surface area contributed by atoms with Gasteiger partial charge >= 0.3 is 0 Å². The molecule has 0 saturated heterocycles. The number of hydrogen-bond donors (Lipinski definition) is 2. The van der Waals surface area contributed by atoms with Gasteiger partial charge in [-0.05, 0) is 51.2 Å². The molecule has 0 unspecified atom stereocenters. The highest BCUT2D eigenvalue weighted by molar-refractivity contribution is 5.98. The maximum atomic E-state index is 7.62. The molecule has 0 bridgehead atoms. The molecule has 0 aliphatic heterocycles. The van der Waals surface area contributed by atoms with E-state index in [9.17, 15) is 0 Å². The third kappa shape index (κ3) is 2.57. The van der Waals surface area contributed by atoms with Gasteiger partial charge in [0.25, 0.3) is 0 Å². The van der Waals surface area contributed by atoms with E-state index in [2.05, 4.69) is 4.98 Å². The van der Waals surface area contributed by atoms with Crippen molar-refractivity contribution in [2.45, 2.75) is 45.6 Å². The van der Waals surface area contributed by atoms with Crippen LogP contribution in [0.2, 0.25) is 0 Å². The summed E-state index contributed by atoms with van der Waals surface area (Å²) in [5, 5.41) is 7.62. The topological polar surface area (TPSA) is 72.0 Å². The third-order valence-electron chi connectivity index (χ3n) is 3.16. The monoisotopic (exact) mass is 233 g/mol. The molecule has 1 fully saturated rings. The Kier molecular flexibility index (Phi) is 3.31. The molecule has 4 heteroatoms. The van der Waals surface area contributed by atoms with Gasteiger partial charge in [0.05, 0.1) is 5.56 Å². The number of hydrogen-bond acceptors (Lipinski definition) is 3. The maximum absolute atomic E-state index is 7.62. The lowest BCUT2D eigenvalue weighted by atomic mass is 10.1. The van der Waals surface area contributed by atoms with Crippen molar-refractivity contribution < 1.29 is 4.74 Å². The van der Waals surface area contributed by atoms with Crippen LogP contribution in [0.1, 0.15) is 42.5 Å². The molecular formula is C13H19N3O. The highest BCUT2D eigenvalue weighted by atomic mass is 16.5. The van der Waals surface area contributed by atoms with Crippen LogP contribution in [0.3, 0.4) is 0 Å². The second-order valence-corrected chi connectivity index (χ2v) is 4.70. The second-order valence-electron chi connectivity index (χ2n) is 4.70. The largest absolute Gasteiger partial charge is 0.474 e. The number of nitrogens with one attached hydrogen (secondary N) is 1. The zero-order valence-corrected chi connectivity index (χ0v) is 10.4. The lowest BCUT2D eigenvalue weighted by Crippen LogP contribution is -2.20. The van der Waals surface area contributed by atoms with E-state index in [0.29, 0.717) is 11.4 Å². The van der Waals surface area contributed by atoms with Crippen molar-refractivity contribution in [1.29, 1.82) is 5.41 Å². The molecule has 0 atom stereocenters. The minimum absolute atomic E-state index is 0.0306. The van der Waals surface area contributed by atoms with Crippen molar-refractivity contribution in [3.8, 4) is 5.88 Å². The standard InChI is InChI=1S/C13H19N3O/c1-8-7-9(2)16-13(11(8)12(14)15)17-10-5-3-4-6-10/h7,10H,3-6H2,1-2H3,(H3,14,15). The van der Waals surface area contributed by atoms with Crippen molar-refractivity contribution in [3.05, 3.63) is 22.9 Å². The minimum Gasteiger partial charge on any atom is -0.474 e. The van der Waals surface area contributed by atoms with E-state index in [1.54, 1.807) is 0 Å². The number of nitrogen functional groups attached to an aromatic ring is 1. The van der Waals surface area contributed by atoms with E-state index < -0.39 is 0 Å². The first-order valence-corrected chi connectivity index (χ1v) is 6.07. The Morgan fingerprint density at radius 2 is 2.06 bits per heavy atom. The number of aromatic nitrogens is 1. The van der Waals surface area contributed by atoms with Gasteiger partial charge in [-0.15, -0.1) is 0 Å². The Bertz CT molecular complexity index is 437. The Balaban J connectivity index is 2.32. The molecule has 1 aliphatic carbocycles. The van der Waals surface area contributed by atoms with E-state index >= 15 is 0 Å². The van der Waals surface area contributed by atoms with Crippen LogP contribution < -0.4 is 10.5 Å². The summed E-state index contributed by atoms with van der Waals surface area (Å²) in [5.41, 5.74) is 8.10. The number of amidine groups is 1. The number of aryl methyl sites for hydroxylation is 2. The number of nitrogens with two attached hydrogens (primary N) is 1. The Labute approximate surface area is 102 Å². The van der Waals surface area contributed by atoms with Crippen LogP contribution in [-0.4, -0.2) is 16.9 Å². The fourth-order valence-corrected chi connectivity index (χ4v) is 2.38. The van der Waals surface area contributed by atoms with Crippen molar-refractivity contribution in [3.63, 3.8) is 0 Å². The van der Waals surface area contributed by atoms with Crippen molar-refractivity contribution >= 4 is 5.84 Å². The molecule has 17 heavy (non-hydrogen) atoms. The molecule has 92 valence electrons. The van der Waals surface area contributed by atoms with Crippen molar-refractivity contribution in [2.24, 2.45) is 5.73 Å². The van der Waals surface area contributed by atoms with E-state index in [4.69, 9.17) is 15.9 Å². The summed E-state index contributed by atoms with van der Waals surface area (Å²) in [5.74, 6) is 0.560. The molecular weight excluding hydrogens is 214 g/mol. The van der Waals surface area contributed by atoms with Gasteiger partial charge in [0, 0.05) is 5.69 Å². The summed E-state index contributed by atoms with van der Waals surface area (Å²) in [7, 11) is 0. The molecule has 2 rings (SSSR count). The van der Waals surface area contributed by atoms with Gasteiger partial charge in [0.2, 0.25) is 5.88 Å². The highest BCUT2D eigenvalue weighted by Gasteiger charge is 2.20. The predicted octanol–water partition coefficient (Wildman–Crippen LogP) is 2.30. The maximum Gasteiger partial charge on any atom is 0.225 e. The average molecular weight is 233 g/mol. The summed E-state index contributed by atoms with van der Waals surface area (Å²) in [6, 6.07) is 1.93. The van der Waals surface area contributed by atoms with E-state index in [0.717, 1.165) is 24.1 Å². The lowest BCUT2D eigenvalue weighted by Gasteiger charge is -2.17. The molecule has 1 heterocycles. The van der Waals surface area contributed by atoms with E-state index in [1.807, 2.05) is 19.9 Å². The third-order valence-corrected chi connectivity index (χ3v) is 3.16. The van der Waals surface area contributed by atoms with E-state index in [1.165, 1.54) is 12.8 Å². The number of pyridine rings is 1. The van der Waals surface area contributed by atoms with Crippen LogP contribution in [0, 0.1) is 19.3 Å². The van der Waals surface area contributed by atoms with Gasteiger partial charge in [0.15, 0.2) is 0 Å². The second kappa shape index (κ2) is 4.73. The molecule has 0 aromatic carbocycles. The zero-order chi connectivity index (χ0) is 12.4. The molecule has 1 saturated carbocycles. The Morgan fingerprint density at radius 1 is 1.41 bits per heavy atom. The van der Waals surface area contributed by atoms with Gasteiger partial charge in [0.1, 0.15) is 11.9 Å². The van der Waals surface area contributed by atoms with Gasteiger partial charge in [-0.3, -0.25) is 5.41 Å². The smallest absolute Gasteiger partial charge is 0.225 e. The van der Waals surface area contributed by atoms with Crippen LogP contribution in [0.5, 0.6) is 5.88 Å². The molecule has 0 amide bonds. The summed E-state index contributed by atoms with van der Waals surface area (Å²) in [4.78, 5) is 4.38. The van der Waals surface area contributed by atoms with Crippen LogP contribution in [0.15, 0.2) is 6.07 Å². The highest BCUT2D eigenvalue weighted by Crippen LogP contribution is 2.27. The summed E-state index contributed by atoms with van der Waals surface area (Å²) >= 11 is 0. The van der Waals surface area contributed by atoms with Gasteiger partial charge in [-0.25, -0.2) is 4.98 Å². The molecule has 0 spiro atoms. The van der Waals surface area contributed by atoms with Crippen molar-refractivity contribution in [2.75, 3.05) is 0 Å². The Hall–Kier alpha value is -1.58. The molecule has 1 aliphatic rings. The fourth-order valence-electron chi connectivity index (χ4n) is 2.38. The van der Waals surface area contributed by atoms with E-state index in [-0.39, 0.29) is 11.9 Å². The summed E-state index contributed by atoms with van der Waals surface area (Å²) in [6.07, 6.45) is 4.81. The Morgan fingerprint density at radius 3 is 2.65 bits per heavy atom. The van der Waals surface area contributed by atoms with Gasteiger partial charge < -0.3 is 10.5 Å². The molecule has 4 nitrogen and oxygen atoms in total. The number of rotatable bonds is 3. The van der Waals surface area contributed by atoms with Gasteiger partial charge in [-0.1, -0.05) is 0 Å². The fraction of sp³-hybridized carbons (Fsp3) is 0.538. The normalized spacial score (nSPS) is 16.1. The molecule has 1 aromatic heterocycles. The van der Waals surface area contributed by atoms with Crippen LogP contribution in [-0.2, 0) is 0 Å². The molecule has 0 radical (unpaired) electrons. The zero-order valence-electron chi connectivity index (χ0n) is 10.4. The first kappa shape index (κ1) is 11.9. The SMILES string of the molecule is Cc1cc(C)c(C(=N)N)c(OC2CCCC2)n1. The predicted molar refractivity (Wildman–Crippen MR) is 67.6 cm³/mol. The summed E-state index contributed by atoms with van der Waals surface area (Å²) < 4.78 is 5.90. The molecule has 1 aromatic rings. The van der Waals surface area contributed by atoms with Crippen LogP contribution in [0.25, 0.3) is 0 Å². The van der Waals surface area contributed by atoms with Crippen LogP contribution in [0.4, 0.5) is 0 Å². The first-order valence-electron chi connectivity index (χ1n) is 6.07. The number of nitrogens with zero attached hydrogens (tertiary/aromatic N) is 1. The van der Waals surface area contributed by atoms with Crippen molar-refractivity contribution in [1.82, 2.24) is 4.98 Å². The quantitative estimate of drug-likeness (QED) is 0.621. The number of ether oxygens (including phenoxy) is 1. The summed E-state index contributed by atoms with van der Waals surface area (Å²) in [6.45, 7) is 3.87. The van der Waals surface area contributed by atoms with Crippen LogP contribution >= 0.6 is 0 Å². The van der Waals surface area contributed by atoms with Gasteiger partial charge in [-0.2, -0.15) is 0 Å².